The Morgan fingerprint density at radius 3 is 2.73 bits per heavy atom. The summed E-state index contributed by atoms with van der Waals surface area (Å²) >= 11 is 0. The van der Waals surface area contributed by atoms with Crippen LogP contribution in [0.4, 0.5) is 0 Å². The number of benzene rings is 1. The second-order valence-corrected chi connectivity index (χ2v) is 2.85. The molecule has 0 spiro atoms. The van der Waals surface area contributed by atoms with Crippen LogP contribution in [0.1, 0.15) is 5.46 Å². The van der Waals surface area contributed by atoms with Crippen LogP contribution in [0.3, 0.4) is 0 Å². The Hall–Kier alpha value is -1.11. The molecule has 1 heteroatoms. The molecule has 0 aliphatic rings. The van der Waals surface area contributed by atoms with Crippen molar-refractivity contribution >= 4 is 17.6 Å². The van der Waals surface area contributed by atoms with E-state index in [2.05, 4.69) is 50.2 Å². The van der Waals surface area contributed by atoms with Gasteiger partial charge in [-0.2, -0.15) is 0 Å². The van der Waals surface area contributed by atoms with Gasteiger partial charge in [-0.3, -0.25) is 0 Å². The van der Waals surface area contributed by atoms with E-state index in [9.17, 15) is 0 Å². The van der Waals surface area contributed by atoms with Crippen molar-refractivity contribution < 1.29 is 0 Å². The molecule has 1 aromatic heterocycles. The van der Waals surface area contributed by atoms with Crippen LogP contribution in [-0.4, -0.2) is 6.91 Å². The van der Waals surface area contributed by atoms with Gasteiger partial charge in [-0.15, -0.1) is 0 Å². The molecule has 0 N–H and O–H groups in total. The van der Waals surface area contributed by atoms with E-state index >= 15 is 0 Å². The molecule has 0 nitrogen and oxygen atoms in total. The third kappa shape index (κ3) is 1.18. The first kappa shape index (κ1) is 6.60. The zero-order valence-electron chi connectivity index (χ0n) is 6.54. The second kappa shape index (κ2) is 2.50. The zero-order chi connectivity index (χ0) is 7.68. The predicted octanol–water partition coefficient (Wildman–Crippen LogP) is 2.49. The van der Waals surface area contributed by atoms with Gasteiger partial charge in [0, 0.05) is 0 Å². The first-order valence-corrected chi connectivity index (χ1v) is 3.82. The van der Waals surface area contributed by atoms with Crippen LogP contribution in [0.15, 0.2) is 36.4 Å². The summed E-state index contributed by atoms with van der Waals surface area (Å²) in [6.07, 6.45) is 0. The van der Waals surface area contributed by atoms with Gasteiger partial charge >= 0.3 is 66.4 Å². The molecular formula is C10H9B. The molecule has 11 heavy (non-hydrogen) atoms. The topological polar surface area (TPSA) is 0 Å². The first-order valence-electron chi connectivity index (χ1n) is 3.82. The van der Waals surface area contributed by atoms with Crippen molar-refractivity contribution in [3.05, 3.63) is 41.9 Å². The van der Waals surface area contributed by atoms with Crippen molar-refractivity contribution in [1.29, 1.82) is 0 Å². The third-order valence-corrected chi connectivity index (χ3v) is 1.90. The van der Waals surface area contributed by atoms with Gasteiger partial charge in [0.15, 0.2) is 0 Å². The van der Waals surface area contributed by atoms with E-state index in [-0.39, 0.29) is 0 Å². The average Bonchev–Trinajstić information content (AvgIpc) is 2.04. The summed E-state index contributed by atoms with van der Waals surface area (Å²) in [6.45, 7) is 4.32. The summed E-state index contributed by atoms with van der Waals surface area (Å²) < 4.78 is 0. The molecule has 0 saturated heterocycles. The van der Waals surface area contributed by atoms with Crippen LogP contribution in [0.2, 0.25) is 0 Å². The molecule has 0 atom stereocenters. The Bertz CT molecular complexity index is 379. The van der Waals surface area contributed by atoms with Crippen molar-refractivity contribution in [3.63, 3.8) is 0 Å². The van der Waals surface area contributed by atoms with Gasteiger partial charge in [0.25, 0.3) is 0 Å². The fourth-order valence-corrected chi connectivity index (χ4v) is 1.31. The Labute approximate surface area is 67.1 Å². The summed E-state index contributed by atoms with van der Waals surface area (Å²) in [4.78, 5) is 0. The number of hydrogen-bond acceptors (Lipinski definition) is 0. The molecule has 2 aromatic rings. The molecular weight excluding hydrogens is 131 g/mol. The average molecular weight is 140 g/mol. The normalized spacial score (nSPS) is 9.91. The van der Waals surface area contributed by atoms with Gasteiger partial charge in [0.2, 0.25) is 0 Å². The molecule has 1 aromatic carbocycles. The van der Waals surface area contributed by atoms with Crippen molar-refractivity contribution in [2.75, 3.05) is 0 Å². The molecule has 0 fully saturated rings. The van der Waals surface area contributed by atoms with Crippen molar-refractivity contribution in [2.45, 2.75) is 6.92 Å². The van der Waals surface area contributed by atoms with Gasteiger partial charge < -0.3 is 0 Å². The first-order chi connectivity index (χ1) is 5.36. The van der Waals surface area contributed by atoms with E-state index in [4.69, 9.17) is 0 Å². The van der Waals surface area contributed by atoms with Crippen LogP contribution in [0.5, 0.6) is 0 Å². The molecule has 0 aliphatic carbocycles. The Kier molecular flexibility index (Phi) is 1.50. The monoisotopic (exact) mass is 140 g/mol. The molecule has 52 valence electrons. The zero-order valence-corrected chi connectivity index (χ0v) is 6.54. The number of fused-ring (bicyclic) bond motifs is 1. The second-order valence-electron chi connectivity index (χ2n) is 2.85. The summed E-state index contributed by atoms with van der Waals surface area (Å²) in [5.41, 5.74) is 1.32. The minimum atomic E-state index is 1.32. The van der Waals surface area contributed by atoms with Gasteiger partial charge in [-0.05, 0) is 0 Å². The maximum absolute atomic E-state index is 2.20. The fraction of sp³-hybridized carbons (Fsp3) is 0.100. The molecule has 2 rings (SSSR count). The Morgan fingerprint density at radius 2 is 1.82 bits per heavy atom. The number of hydrogen-bond donors (Lipinski definition) is 0. The van der Waals surface area contributed by atoms with Crippen LogP contribution in [-0.2, 0) is 0 Å². The van der Waals surface area contributed by atoms with Crippen LogP contribution in [0.25, 0.3) is 10.7 Å². The van der Waals surface area contributed by atoms with Crippen LogP contribution in [0, 0.1) is 6.92 Å². The summed E-state index contributed by atoms with van der Waals surface area (Å²) in [6, 6.07) is 12.7. The summed E-state index contributed by atoms with van der Waals surface area (Å²) in [5, 5.41) is 2.64. The van der Waals surface area contributed by atoms with Gasteiger partial charge in [0.05, 0.1) is 0 Å². The Morgan fingerprint density at radius 1 is 1.00 bits per heavy atom. The van der Waals surface area contributed by atoms with E-state index in [0.29, 0.717) is 0 Å². The quantitative estimate of drug-likeness (QED) is 0.527. The van der Waals surface area contributed by atoms with E-state index in [1.54, 1.807) is 0 Å². The van der Waals surface area contributed by atoms with E-state index in [1.165, 1.54) is 16.1 Å². The minimum absolute atomic E-state index is 1.32. The molecule has 0 radical (unpaired) electrons. The van der Waals surface area contributed by atoms with Crippen LogP contribution >= 0.6 is 0 Å². The van der Waals surface area contributed by atoms with Gasteiger partial charge in [-0.1, -0.05) is 0 Å². The van der Waals surface area contributed by atoms with Crippen LogP contribution < -0.4 is 0 Å². The standard InChI is InChI=1S/C10H9B/c1-8-6-7-9-4-2-3-5-10(9)11-8/h2-7H,1H3. The molecule has 0 unspecified atom stereocenters. The van der Waals surface area contributed by atoms with Crippen molar-refractivity contribution in [1.82, 2.24) is 0 Å². The number of aryl methyl sites for hydroxylation is 1. The summed E-state index contributed by atoms with van der Waals surface area (Å²) in [5.74, 6) is 0. The third-order valence-electron chi connectivity index (χ3n) is 1.90. The van der Waals surface area contributed by atoms with Crippen molar-refractivity contribution in [2.24, 2.45) is 0 Å². The molecule has 1 heterocycles. The van der Waals surface area contributed by atoms with E-state index < -0.39 is 0 Å². The molecule has 0 bridgehead atoms. The summed E-state index contributed by atoms with van der Waals surface area (Å²) in [7, 11) is 0. The number of rotatable bonds is 0. The molecule has 0 aliphatic heterocycles. The van der Waals surface area contributed by atoms with E-state index in [1.807, 2.05) is 0 Å². The molecule has 0 saturated carbocycles. The SMILES string of the molecule is Cc1bc2ccccc2cc1. The van der Waals surface area contributed by atoms with Gasteiger partial charge in [0.1, 0.15) is 0 Å². The maximum atomic E-state index is 2.20. The predicted molar refractivity (Wildman–Crippen MR) is 50.0 cm³/mol. The Balaban J connectivity index is 2.83. The molecule has 0 amide bonds. The van der Waals surface area contributed by atoms with Gasteiger partial charge in [-0.25, -0.2) is 0 Å². The van der Waals surface area contributed by atoms with E-state index in [0.717, 1.165) is 0 Å². The fourth-order valence-electron chi connectivity index (χ4n) is 1.31. The van der Waals surface area contributed by atoms with Crippen molar-refractivity contribution in [3.8, 4) is 0 Å².